The van der Waals surface area contributed by atoms with Crippen molar-refractivity contribution >= 4 is 11.3 Å². The van der Waals surface area contributed by atoms with Gasteiger partial charge in [0.15, 0.2) is 0 Å². The summed E-state index contributed by atoms with van der Waals surface area (Å²) in [6, 6.07) is 2.64. The zero-order chi connectivity index (χ0) is 11.0. The smallest absolute Gasteiger partial charge is 0.310 e. The molecule has 0 saturated heterocycles. The summed E-state index contributed by atoms with van der Waals surface area (Å²) in [5.41, 5.74) is -0.409. The van der Waals surface area contributed by atoms with Crippen molar-refractivity contribution in [3.8, 4) is 0 Å². The summed E-state index contributed by atoms with van der Waals surface area (Å²) >= 11 is 0.784. The van der Waals surface area contributed by atoms with E-state index >= 15 is 0 Å². The summed E-state index contributed by atoms with van der Waals surface area (Å²) in [6.45, 7) is 3.69. The van der Waals surface area contributed by atoms with Gasteiger partial charge in [-0.15, -0.1) is 11.3 Å². The van der Waals surface area contributed by atoms with Gasteiger partial charge in [0.2, 0.25) is 0 Å². The fraction of sp³-hybridized carbons (Fsp3) is 0.556. The van der Waals surface area contributed by atoms with Gasteiger partial charge in [0.25, 0.3) is 0 Å². The minimum absolute atomic E-state index is 0.409. The Morgan fingerprint density at radius 2 is 1.64 bits per heavy atom. The van der Waals surface area contributed by atoms with E-state index in [1.807, 2.05) is 13.8 Å². The van der Waals surface area contributed by atoms with Crippen LogP contribution in [0.5, 0.6) is 0 Å². The lowest BCUT2D eigenvalue weighted by Gasteiger charge is -2.22. The molecule has 1 rings (SSSR count). The molecule has 1 heterocycles. The Balaban J connectivity index is 3.00. The summed E-state index contributed by atoms with van der Waals surface area (Å²) < 4.78 is 36.9. The molecule has 0 radical (unpaired) electrons. The first-order chi connectivity index (χ1) is 6.27. The molecule has 0 saturated carbocycles. The third kappa shape index (κ3) is 2.27. The van der Waals surface area contributed by atoms with Crippen LogP contribution >= 0.6 is 11.3 Å². The molecule has 0 unspecified atom stereocenters. The van der Waals surface area contributed by atoms with Crippen LogP contribution in [-0.2, 0) is 11.7 Å². The van der Waals surface area contributed by atoms with Crippen molar-refractivity contribution in [1.82, 2.24) is 5.32 Å². The second-order valence-electron chi connectivity index (χ2n) is 3.54. The van der Waals surface area contributed by atoms with Crippen LogP contribution in [0.15, 0.2) is 12.1 Å². The standard InChI is InChI=1S/C9H12F3NS/c1-8(2,13-3)6-4-5-7(14-6)9(10,11)12/h4-5,13H,1-3H3. The highest BCUT2D eigenvalue weighted by Gasteiger charge is 2.34. The van der Waals surface area contributed by atoms with Gasteiger partial charge < -0.3 is 5.32 Å². The van der Waals surface area contributed by atoms with Crippen molar-refractivity contribution in [3.05, 3.63) is 21.9 Å². The Kier molecular flexibility index (Phi) is 2.92. The van der Waals surface area contributed by atoms with Crippen LogP contribution in [0.25, 0.3) is 0 Å². The molecule has 0 fully saturated rings. The van der Waals surface area contributed by atoms with Gasteiger partial charge in [-0.2, -0.15) is 13.2 Å². The van der Waals surface area contributed by atoms with Crippen LogP contribution in [0.2, 0.25) is 0 Å². The van der Waals surface area contributed by atoms with Crippen molar-refractivity contribution < 1.29 is 13.2 Å². The molecule has 0 atom stereocenters. The van der Waals surface area contributed by atoms with E-state index in [9.17, 15) is 13.2 Å². The molecule has 1 N–H and O–H groups in total. The zero-order valence-corrected chi connectivity index (χ0v) is 9.01. The van der Waals surface area contributed by atoms with E-state index in [1.54, 1.807) is 7.05 Å². The third-order valence-electron chi connectivity index (χ3n) is 2.13. The molecule has 1 aromatic heterocycles. The molecular weight excluding hydrogens is 211 g/mol. The van der Waals surface area contributed by atoms with Crippen molar-refractivity contribution in [1.29, 1.82) is 0 Å². The van der Waals surface area contributed by atoms with Crippen LogP contribution in [0.3, 0.4) is 0 Å². The largest absolute Gasteiger partial charge is 0.425 e. The van der Waals surface area contributed by atoms with Crippen molar-refractivity contribution in [2.24, 2.45) is 0 Å². The predicted molar refractivity (Wildman–Crippen MR) is 51.4 cm³/mol. The Bertz CT molecular complexity index is 314. The molecule has 5 heteroatoms. The number of alkyl halides is 3. The molecule has 0 amide bonds. The van der Waals surface area contributed by atoms with Gasteiger partial charge in [0, 0.05) is 10.4 Å². The molecule has 0 aromatic carbocycles. The lowest BCUT2D eigenvalue weighted by atomic mass is 10.0. The van der Waals surface area contributed by atoms with Gasteiger partial charge in [-0.1, -0.05) is 0 Å². The Hall–Kier alpha value is -0.550. The molecule has 80 valence electrons. The lowest BCUT2D eigenvalue weighted by Crippen LogP contribution is -2.31. The van der Waals surface area contributed by atoms with Crippen molar-refractivity contribution in [2.75, 3.05) is 7.05 Å². The quantitative estimate of drug-likeness (QED) is 0.811. The molecule has 1 aromatic rings. The molecule has 0 aliphatic carbocycles. The predicted octanol–water partition coefficient (Wildman–Crippen LogP) is 3.22. The average Bonchev–Trinajstić information content (AvgIpc) is 2.51. The van der Waals surface area contributed by atoms with Crippen LogP contribution in [-0.4, -0.2) is 7.05 Å². The SMILES string of the molecule is CNC(C)(C)c1ccc(C(F)(F)F)s1. The molecule has 0 aliphatic heterocycles. The minimum Gasteiger partial charge on any atom is -0.310 e. The van der Waals surface area contributed by atoms with Gasteiger partial charge in [-0.25, -0.2) is 0 Å². The van der Waals surface area contributed by atoms with E-state index in [0.29, 0.717) is 4.88 Å². The maximum absolute atomic E-state index is 12.3. The Labute approximate surface area is 84.9 Å². The third-order valence-corrected chi connectivity index (χ3v) is 3.58. The van der Waals surface area contributed by atoms with E-state index < -0.39 is 16.6 Å². The summed E-state index contributed by atoms with van der Waals surface area (Å²) in [7, 11) is 1.73. The first kappa shape index (κ1) is 11.5. The number of halogens is 3. The van der Waals surface area contributed by atoms with Gasteiger partial charge in [-0.05, 0) is 33.0 Å². The highest BCUT2D eigenvalue weighted by atomic mass is 32.1. The summed E-state index contributed by atoms with van der Waals surface area (Å²) in [4.78, 5) is 0.142. The normalized spacial score (nSPS) is 13.3. The molecule has 14 heavy (non-hydrogen) atoms. The van der Waals surface area contributed by atoms with Gasteiger partial charge in [0.1, 0.15) is 4.88 Å². The fourth-order valence-corrected chi connectivity index (χ4v) is 1.93. The summed E-state index contributed by atoms with van der Waals surface area (Å²) in [6.07, 6.45) is -4.23. The topological polar surface area (TPSA) is 12.0 Å². The second-order valence-corrected chi connectivity index (χ2v) is 4.62. The molecular formula is C9H12F3NS. The van der Waals surface area contributed by atoms with E-state index in [-0.39, 0.29) is 0 Å². The monoisotopic (exact) mass is 223 g/mol. The Morgan fingerprint density at radius 3 is 2.00 bits per heavy atom. The average molecular weight is 223 g/mol. The maximum atomic E-state index is 12.3. The summed E-state index contributed by atoms with van der Waals surface area (Å²) in [5, 5.41) is 2.97. The van der Waals surface area contributed by atoms with E-state index in [0.717, 1.165) is 17.4 Å². The fourth-order valence-electron chi connectivity index (χ4n) is 0.949. The van der Waals surface area contributed by atoms with Crippen molar-refractivity contribution in [3.63, 3.8) is 0 Å². The van der Waals surface area contributed by atoms with Crippen molar-refractivity contribution in [2.45, 2.75) is 25.6 Å². The number of nitrogens with one attached hydrogen (secondary N) is 1. The van der Waals surface area contributed by atoms with Crippen LogP contribution in [0.1, 0.15) is 23.6 Å². The summed E-state index contributed by atoms with van der Waals surface area (Å²) in [5.74, 6) is 0. The Morgan fingerprint density at radius 1 is 1.14 bits per heavy atom. The van der Waals surface area contributed by atoms with Gasteiger partial charge >= 0.3 is 6.18 Å². The van der Waals surface area contributed by atoms with Crippen LogP contribution < -0.4 is 5.32 Å². The van der Waals surface area contributed by atoms with E-state index in [2.05, 4.69) is 5.32 Å². The molecule has 1 nitrogen and oxygen atoms in total. The lowest BCUT2D eigenvalue weighted by molar-refractivity contribution is -0.134. The zero-order valence-electron chi connectivity index (χ0n) is 8.20. The first-order valence-corrected chi connectivity index (χ1v) is 4.95. The highest BCUT2D eigenvalue weighted by molar-refractivity contribution is 7.12. The molecule has 0 spiro atoms. The van der Waals surface area contributed by atoms with Gasteiger partial charge in [-0.3, -0.25) is 0 Å². The van der Waals surface area contributed by atoms with E-state index in [4.69, 9.17) is 0 Å². The van der Waals surface area contributed by atoms with Gasteiger partial charge in [0.05, 0.1) is 0 Å². The van der Waals surface area contributed by atoms with Crippen LogP contribution in [0.4, 0.5) is 13.2 Å². The van der Waals surface area contributed by atoms with Crippen LogP contribution in [0, 0.1) is 0 Å². The maximum Gasteiger partial charge on any atom is 0.425 e. The molecule has 0 bridgehead atoms. The number of thiophene rings is 1. The minimum atomic E-state index is -4.23. The number of hydrogen-bond donors (Lipinski definition) is 1. The number of hydrogen-bond acceptors (Lipinski definition) is 2. The van der Waals surface area contributed by atoms with E-state index in [1.165, 1.54) is 6.07 Å². The highest BCUT2D eigenvalue weighted by Crippen LogP contribution is 2.37. The second kappa shape index (κ2) is 3.55. The molecule has 0 aliphatic rings. The number of rotatable bonds is 2. The first-order valence-electron chi connectivity index (χ1n) is 4.14.